The molecule has 31 heavy (non-hydrogen) atoms. The van der Waals surface area contributed by atoms with Gasteiger partial charge in [-0.2, -0.15) is 0 Å². The number of rotatable bonds is 6. The summed E-state index contributed by atoms with van der Waals surface area (Å²) >= 11 is 0. The van der Waals surface area contributed by atoms with Crippen LogP contribution in [0, 0.1) is 30.1 Å². The van der Waals surface area contributed by atoms with Gasteiger partial charge in [0, 0.05) is 17.0 Å². The first-order chi connectivity index (χ1) is 14.9. The molecule has 1 amide bonds. The zero-order valence-corrected chi connectivity index (χ0v) is 18.5. The monoisotopic (exact) mass is 425 g/mol. The lowest BCUT2D eigenvalue weighted by Gasteiger charge is -2.59. The number of furan rings is 1. The number of benzene rings is 1. The summed E-state index contributed by atoms with van der Waals surface area (Å²) < 4.78 is 16.2. The zero-order chi connectivity index (χ0) is 21.8. The number of aryl methyl sites for hydroxylation is 1. The summed E-state index contributed by atoms with van der Waals surface area (Å²) in [7, 11) is 1.59. The third-order valence-electron chi connectivity index (χ3n) is 8.04. The van der Waals surface area contributed by atoms with Gasteiger partial charge >= 0.3 is 5.97 Å². The second kappa shape index (κ2) is 7.57. The molecule has 0 saturated heterocycles. The molecule has 1 aromatic carbocycles. The number of esters is 1. The summed E-state index contributed by atoms with van der Waals surface area (Å²) in [5, 5.41) is 3.93. The molecule has 4 fully saturated rings. The molecule has 2 aromatic rings. The second-order valence-corrected chi connectivity index (χ2v) is 10.1. The highest BCUT2D eigenvalue weighted by Crippen LogP contribution is 2.61. The molecule has 1 heterocycles. The van der Waals surface area contributed by atoms with E-state index < -0.39 is 5.97 Å². The lowest BCUT2D eigenvalue weighted by molar-refractivity contribution is -0.128. The summed E-state index contributed by atoms with van der Waals surface area (Å²) in [4.78, 5) is 25.2. The number of hydrogen-bond donors (Lipinski definition) is 1. The fourth-order valence-corrected chi connectivity index (χ4v) is 6.86. The van der Waals surface area contributed by atoms with E-state index in [1.807, 2.05) is 6.07 Å². The second-order valence-electron chi connectivity index (χ2n) is 10.1. The smallest absolute Gasteiger partial charge is 0.375 e. The molecule has 0 unspecified atom stereocenters. The first-order valence-corrected chi connectivity index (χ1v) is 11.4. The Balaban J connectivity index is 1.20. The van der Waals surface area contributed by atoms with Crippen LogP contribution in [0.1, 0.15) is 61.6 Å². The van der Waals surface area contributed by atoms with Crippen molar-refractivity contribution in [3.05, 3.63) is 29.5 Å². The minimum atomic E-state index is -0.620. The van der Waals surface area contributed by atoms with Gasteiger partial charge in [-0.1, -0.05) is 0 Å². The maximum Gasteiger partial charge on any atom is 0.375 e. The third kappa shape index (κ3) is 3.60. The Morgan fingerprint density at radius 1 is 1.16 bits per heavy atom. The van der Waals surface area contributed by atoms with Crippen molar-refractivity contribution in [2.75, 3.05) is 13.7 Å². The summed E-state index contributed by atoms with van der Waals surface area (Å²) in [6.07, 6.45) is 7.80. The van der Waals surface area contributed by atoms with Crippen LogP contribution in [-0.4, -0.2) is 31.6 Å². The molecular weight excluding hydrogens is 394 g/mol. The molecule has 0 aliphatic heterocycles. The van der Waals surface area contributed by atoms with Crippen LogP contribution < -0.4 is 10.1 Å². The zero-order valence-electron chi connectivity index (χ0n) is 18.5. The first-order valence-electron chi connectivity index (χ1n) is 11.4. The molecule has 1 aromatic heterocycles. The topological polar surface area (TPSA) is 77.8 Å². The van der Waals surface area contributed by atoms with Crippen molar-refractivity contribution in [1.82, 2.24) is 5.32 Å². The summed E-state index contributed by atoms with van der Waals surface area (Å²) in [5.41, 5.74) is 1.49. The van der Waals surface area contributed by atoms with Crippen LogP contribution >= 0.6 is 0 Å². The first kappa shape index (κ1) is 20.4. The molecule has 4 aliphatic carbocycles. The van der Waals surface area contributed by atoms with E-state index >= 15 is 0 Å². The molecule has 0 radical (unpaired) electrons. The van der Waals surface area contributed by atoms with Crippen LogP contribution in [0.25, 0.3) is 11.0 Å². The molecule has 6 nitrogen and oxygen atoms in total. The van der Waals surface area contributed by atoms with E-state index in [1.165, 1.54) is 38.5 Å². The van der Waals surface area contributed by atoms with Crippen molar-refractivity contribution in [1.29, 1.82) is 0 Å². The van der Waals surface area contributed by atoms with E-state index in [0.717, 1.165) is 23.1 Å². The van der Waals surface area contributed by atoms with E-state index in [2.05, 4.69) is 12.2 Å². The molecule has 4 aliphatic rings. The van der Waals surface area contributed by atoms with Crippen molar-refractivity contribution < 1.29 is 23.5 Å². The van der Waals surface area contributed by atoms with Crippen LogP contribution in [0.15, 0.2) is 22.6 Å². The number of methoxy groups -OCH3 is 1. The largest absolute Gasteiger partial charge is 0.497 e. The van der Waals surface area contributed by atoms with Crippen LogP contribution in [0.4, 0.5) is 0 Å². The molecule has 6 rings (SSSR count). The van der Waals surface area contributed by atoms with Gasteiger partial charge in [0.2, 0.25) is 5.76 Å². The number of hydrogen-bond acceptors (Lipinski definition) is 5. The predicted molar refractivity (Wildman–Crippen MR) is 116 cm³/mol. The number of amides is 1. The summed E-state index contributed by atoms with van der Waals surface area (Å²) in [6.45, 7) is 3.63. The number of ether oxygens (including phenoxy) is 2. The molecule has 1 atom stereocenters. The highest BCUT2D eigenvalue weighted by molar-refractivity contribution is 5.97. The van der Waals surface area contributed by atoms with Gasteiger partial charge in [0.25, 0.3) is 5.91 Å². The third-order valence-corrected chi connectivity index (χ3v) is 8.04. The Morgan fingerprint density at radius 2 is 1.81 bits per heavy atom. The Labute approximate surface area is 182 Å². The number of carbonyl (C=O) groups excluding carboxylic acids is 2. The van der Waals surface area contributed by atoms with Gasteiger partial charge in [0.1, 0.15) is 11.3 Å². The Bertz CT molecular complexity index is 987. The van der Waals surface area contributed by atoms with Crippen LogP contribution in [-0.2, 0) is 9.53 Å². The minimum absolute atomic E-state index is 0.104. The Morgan fingerprint density at radius 3 is 2.42 bits per heavy atom. The quantitative estimate of drug-likeness (QED) is 0.683. The standard InChI is InChI=1S/C25H31NO5/c1-14-20-9-19(29-3)4-5-21(20)31-23(14)24(28)30-13-22(27)26-15(2)25-10-16-6-17(11-25)8-18(7-16)12-25/h4-5,9,15-18H,6-8,10-13H2,1-3H3,(H,26,27)/t15-,16?,17?,18?,25?/m0/s1. The number of nitrogens with one attached hydrogen (secondary N) is 1. The van der Waals surface area contributed by atoms with E-state index in [0.29, 0.717) is 16.9 Å². The van der Waals surface area contributed by atoms with Crippen LogP contribution in [0.5, 0.6) is 5.75 Å². The fourth-order valence-electron chi connectivity index (χ4n) is 6.86. The van der Waals surface area contributed by atoms with Gasteiger partial charge in [0.05, 0.1) is 7.11 Å². The number of fused-ring (bicyclic) bond motifs is 1. The van der Waals surface area contributed by atoms with E-state index in [-0.39, 0.29) is 29.7 Å². The Hall–Kier alpha value is -2.50. The SMILES string of the molecule is COc1ccc2oc(C(=O)OCC(=O)N[C@@H](C)C34CC5CC(CC(C5)C3)C4)c(C)c2c1. The maximum absolute atomic E-state index is 12.6. The van der Waals surface area contributed by atoms with Crippen molar-refractivity contribution >= 4 is 22.8 Å². The van der Waals surface area contributed by atoms with Gasteiger partial charge in [-0.3, -0.25) is 4.79 Å². The lowest BCUT2D eigenvalue weighted by Crippen LogP contribution is -2.56. The van der Waals surface area contributed by atoms with Crippen molar-refractivity contribution in [2.24, 2.45) is 23.2 Å². The average Bonchev–Trinajstić information content (AvgIpc) is 3.07. The average molecular weight is 426 g/mol. The number of carbonyl (C=O) groups is 2. The predicted octanol–water partition coefficient (Wildman–Crippen LogP) is 4.63. The van der Waals surface area contributed by atoms with Gasteiger partial charge in [-0.25, -0.2) is 4.79 Å². The fraction of sp³-hybridized carbons (Fsp3) is 0.600. The molecular formula is C25H31NO5. The van der Waals surface area contributed by atoms with Crippen molar-refractivity contribution in [2.45, 2.75) is 58.4 Å². The van der Waals surface area contributed by atoms with Crippen molar-refractivity contribution in [3.63, 3.8) is 0 Å². The van der Waals surface area contributed by atoms with E-state index in [9.17, 15) is 9.59 Å². The normalized spacial score (nSPS) is 29.7. The van der Waals surface area contributed by atoms with E-state index in [4.69, 9.17) is 13.9 Å². The van der Waals surface area contributed by atoms with Gasteiger partial charge < -0.3 is 19.2 Å². The summed E-state index contributed by atoms with van der Waals surface area (Å²) in [5.74, 6) is 2.45. The van der Waals surface area contributed by atoms with Gasteiger partial charge in [0.15, 0.2) is 6.61 Å². The maximum atomic E-state index is 12.6. The van der Waals surface area contributed by atoms with Gasteiger partial charge in [-0.05, 0) is 93.7 Å². The van der Waals surface area contributed by atoms with E-state index in [1.54, 1.807) is 26.2 Å². The van der Waals surface area contributed by atoms with Crippen LogP contribution in [0.3, 0.4) is 0 Å². The molecule has 0 spiro atoms. The van der Waals surface area contributed by atoms with Crippen LogP contribution in [0.2, 0.25) is 0 Å². The molecule has 4 saturated carbocycles. The molecule has 166 valence electrons. The Kier molecular flexibility index (Phi) is 4.98. The van der Waals surface area contributed by atoms with Crippen molar-refractivity contribution in [3.8, 4) is 5.75 Å². The minimum Gasteiger partial charge on any atom is -0.497 e. The highest BCUT2D eigenvalue weighted by atomic mass is 16.5. The molecule has 1 N–H and O–H groups in total. The van der Waals surface area contributed by atoms with Gasteiger partial charge in [-0.15, -0.1) is 0 Å². The molecule has 6 heteroatoms. The highest BCUT2D eigenvalue weighted by Gasteiger charge is 2.53. The molecule has 4 bridgehead atoms. The summed E-state index contributed by atoms with van der Waals surface area (Å²) in [6, 6.07) is 5.47. The lowest BCUT2D eigenvalue weighted by atomic mass is 9.48.